The fraction of sp³-hybridized carbons (Fsp3) is 0.614. The lowest BCUT2D eigenvalue weighted by Gasteiger charge is -2.31. The molecule has 1 aromatic rings. The smallest absolute Gasteiger partial charge is 0.322 e. The quantitative estimate of drug-likeness (QED) is 0.0729. The number of aromatic hydroxyl groups is 1. The van der Waals surface area contributed by atoms with Crippen molar-refractivity contribution in [2.75, 3.05) is 24.6 Å². The Labute approximate surface area is 403 Å². The minimum absolute atomic E-state index is 0.0141. The number of nitrogens with two attached hydrogens (primary N) is 3. The molecule has 10 amide bonds. The minimum atomic E-state index is -1.75. The van der Waals surface area contributed by atoms with Crippen LogP contribution in [0.15, 0.2) is 24.3 Å². The number of carboxylic acids is 1. The van der Waals surface area contributed by atoms with Crippen molar-refractivity contribution >= 4 is 76.8 Å². The Morgan fingerprint density at radius 2 is 1.45 bits per heavy atom. The molecule has 0 radical (unpaired) electrons. The highest BCUT2D eigenvalue weighted by Crippen LogP contribution is 2.22. The molecule has 2 heterocycles. The molecule has 69 heavy (non-hydrogen) atoms. The number of rotatable bonds is 17. The van der Waals surface area contributed by atoms with Gasteiger partial charge in [-0.2, -0.15) is 11.8 Å². The number of nitrogens with zero attached hydrogens (tertiary/aromatic N) is 1. The zero-order valence-electron chi connectivity index (χ0n) is 39.2. The van der Waals surface area contributed by atoms with E-state index in [4.69, 9.17) is 22.3 Å². The molecule has 0 spiro atoms. The van der Waals surface area contributed by atoms with Crippen LogP contribution in [0.3, 0.4) is 0 Å². The molecule has 0 aromatic heterocycles. The Morgan fingerprint density at radius 1 is 0.826 bits per heavy atom. The van der Waals surface area contributed by atoms with E-state index in [2.05, 4.69) is 37.2 Å². The normalized spacial score (nSPS) is 24.3. The second-order valence-electron chi connectivity index (χ2n) is 17.6. The standard InChI is InChI=1S/C44H67N11O13S/c1-5-23(4)36-43(67)49-27(12-13-33(46)57)39(63)51-30(19-34(47)58)40(64)53-31(21-69-16-14-26(45)37(61)50-29(41(65)54-36)18-24-8-10-25(56)11-9-24)44(68)55-15-6-7-32(55)42(66)52-28(17-22(2)3)38(62)48-20-35(59)60/h8-11,22-23,26-32,36,56H,5-7,12-21,45H2,1-4H3,(H2,46,57)(H2,47,58)(H,48,62)(H,49,67)(H,50,61)(H,51,63)(H,52,66)(H,53,64)(H,54,65)(H,59,60)/t23-,26-,27-,28-,29-,30-,31-,32-,36-/m0/s1. The van der Waals surface area contributed by atoms with Crippen LogP contribution in [0.5, 0.6) is 5.75 Å². The van der Waals surface area contributed by atoms with Gasteiger partial charge >= 0.3 is 5.97 Å². The van der Waals surface area contributed by atoms with E-state index in [0.717, 1.165) is 11.8 Å². The third kappa shape index (κ3) is 18.5. The largest absolute Gasteiger partial charge is 0.508 e. The highest BCUT2D eigenvalue weighted by molar-refractivity contribution is 7.99. The predicted molar refractivity (Wildman–Crippen MR) is 250 cm³/mol. The van der Waals surface area contributed by atoms with Crippen molar-refractivity contribution < 1.29 is 63.0 Å². The minimum Gasteiger partial charge on any atom is -0.508 e. The van der Waals surface area contributed by atoms with Gasteiger partial charge in [0.15, 0.2) is 0 Å². The Bertz CT molecular complexity index is 2040. The summed E-state index contributed by atoms with van der Waals surface area (Å²) in [7, 11) is 0. The van der Waals surface area contributed by atoms with Crippen LogP contribution >= 0.6 is 11.8 Å². The number of carbonyl (C=O) groups is 11. The molecule has 15 N–H and O–H groups in total. The highest BCUT2D eigenvalue weighted by atomic mass is 32.2. The van der Waals surface area contributed by atoms with Gasteiger partial charge in [-0.05, 0) is 67.4 Å². The van der Waals surface area contributed by atoms with Gasteiger partial charge in [-0.15, -0.1) is 0 Å². The zero-order chi connectivity index (χ0) is 51.5. The van der Waals surface area contributed by atoms with E-state index in [1.165, 1.54) is 29.2 Å². The number of carbonyl (C=O) groups excluding carboxylic acids is 10. The summed E-state index contributed by atoms with van der Waals surface area (Å²) in [5.74, 6) is -10.8. The molecule has 2 saturated heterocycles. The van der Waals surface area contributed by atoms with Gasteiger partial charge in [0, 0.05) is 25.1 Å². The second kappa shape index (κ2) is 27.5. The van der Waals surface area contributed by atoms with Crippen molar-refractivity contribution in [3.05, 3.63) is 29.8 Å². The van der Waals surface area contributed by atoms with E-state index in [1.807, 2.05) is 0 Å². The molecule has 0 saturated carbocycles. The molecular formula is C44H67N11O13S. The number of benzene rings is 1. The fourth-order valence-electron chi connectivity index (χ4n) is 7.56. The lowest BCUT2D eigenvalue weighted by molar-refractivity contribution is -0.142. The van der Waals surface area contributed by atoms with E-state index in [0.29, 0.717) is 18.4 Å². The van der Waals surface area contributed by atoms with Gasteiger partial charge in [0.2, 0.25) is 59.1 Å². The first kappa shape index (κ1) is 56.8. The maximum absolute atomic E-state index is 14.5. The number of nitrogens with one attached hydrogen (secondary N) is 7. The molecule has 3 rings (SSSR count). The predicted octanol–water partition coefficient (Wildman–Crippen LogP) is -3.27. The third-order valence-electron chi connectivity index (χ3n) is 11.6. The summed E-state index contributed by atoms with van der Waals surface area (Å²) in [6.45, 7) is 6.32. The van der Waals surface area contributed by atoms with Crippen LogP contribution < -0.4 is 54.4 Å². The summed E-state index contributed by atoms with van der Waals surface area (Å²) < 4.78 is 0. The average Bonchev–Trinajstić information content (AvgIpc) is 3.78. The molecule has 382 valence electrons. The number of primary amides is 2. The number of phenolic OH excluding ortho intramolecular Hbond substituents is 1. The Morgan fingerprint density at radius 3 is 2.06 bits per heavy atom. The first-order valence-electron chi connectivity index (χ1n) is 22.8. The van der Waals surface area contributed by atoms with E-state index < -0.39 is 145 Å². The molecule has 9 atom stereocenters. The molecule has 0 bridgehead atoms. The van der Waals surface area contributed by atoms with Gasteiger partial charge in [0.05, 0.1) is 12.5 Å². The summed E-state index contributed by atoms with van der Waals surface area (Å²) in [5, 5.41) is 36.6. The van der Waals surface area contributed by atoms with Crippen LogP contribution in [0.1, 0.15) is 84.6 Å². The number of aliphatic carboxylic acids is 1. The van der Waals surface area contributed by atoms with Crippen LogP contribution in [0.25, 0.3) is 0 Å². The molecule has 2 aliphatic heterocycles. The van der Waals surface area contributed by atoms with Gasteiger partial charge < -0.3 is 69.5 Å². The van der Waals surface area contributed by atoms with Crippen molar-refractivity contribution in [3.63, 3.8) is 0 Å². The van der Waals surface area contributed by atoms with E-state index in [9.17, 15) is 57.8 Å². The molecule has 24 nitrogen and oxygen atoms in total. The van der Waals surface area contributed by atoms with Crippen LogP contribution in [-0.4, -0.2) is 153 Å². The number of phenols is 1. The number of thioether (sulfide) groups is 1. The lowest BCUT2D eigenvalue weighted by atomic mass is 9.96. The number of hydrogen-bond acceptors (Lipinski definition) is 14. The Hall–Kier alpha value is -6.50. The first-order valence-corrected chi connectivity index (χ1v) is 24.0. The van der Waals surface area contributed by atoms with Gasteiger partial charge in [-0.3, -0.25) is 52.7 Å². The monoisotopic (exact) mass is 989 g/mol. The maximum Gasteiger partial charge on any atom is 0.322 e. The summed E-state index contributed by atoms with van der Waals surface area (Å²) in [5.41, 5.74) is 17.8. The molecule has 1 aromatic carbocycles. The number of carboxylic acid groups (broad SMARTS) is 1. The van der Waals surface area contributed by atoms with Crippen LogP contribution in [0, 0.1) is 11.8 Å². The fourth-order valence-corrected chi connectivity index (χ4v) is 8.61. The Balaban J connectivity index is 2.05. The van der Waals surface area contributed by atoms with Gasteiger partial charge in [-0.25, -0.2) is 0 Å². The van der Waals surface area contributed by atoms with E-state index in [1.54, 1.807) is 27.7 Å². The van der Waals surface area contributed by atoms with Crippen LogP contribution in [0.2, 0.25) is 0 Å². The molecule has 25 heteroatoms. The summed E-state index contributed by atoms with van der Waals surface area (Å²) in [6, 6.07) is -5.08. The van der Waals surface area contributed by atoms with Crippen molar-refractivity contribution in [2.24, 2.45) is 29.0 Å². The maximum atomic E-state index is 14.5. The van der Waals surface area contributed by atoms with Crippen LogP contribution in [-0.2, 0) is 59.2 Å². The highest BCUT2D eigenvalue weighted by Gasteiger charge is 2.41. The SMILES string of the molecule is CC[C@H](C)[C@@H]1NC(=O)[C@H](Cc2ccc(O)cc2)NC(=O)[C@@H](N)CCSC[C@@H](C(=O)N2CCC[C@H]2C(=O)N[C@@H](CC(C)C)C(=O)NCC(=O)O)NC(=O)[C@H](CC(N)=O)NC(=O)[C@H](CCC(N)=O)NC1=O. The third-order valence-corrected chi connectivity index (χ3v) is 12.6. The van der Waals surface area contributed by atoms with Gasteiger partial charge in [0.25, 0.3) is 0 Å². The van der Waals surface area contributed by atoms with Crippen molar-refractivity contribution in [3.8, 4) is 5.75 Å². The molecule has 2 fully saturated rings. The number of hydrogen-bond donors (Lipinski definition) is 12. The van der Waals surface area contributed by atoms with Gasteiger partial charge in [-0.1, -0.05) is 46.2 Å². The summed E-state index contributed by atoms with van der Waals surface area (Å²) >= 11 is 1.08. The second-order valence-corrected chi connectivity index (χ2v) is 18.8. The summed E-state index contributed by atoms with van der Waals surface area (Å²) in [6.07, 6.45) is -0.779. The molecule has 0 unspecified atom stereocenters. The number of amides is 10. The lowest BCUT2D eigenvalue weighted by Crippen LogP contribution is -2.61. The topological polar surface area (TPSA) is 394 Å². The first-order chi connectivity index (χ1) is 32.5. The van der Waals surface area contributed by atoms with Gasteiger partial charge in [0.1, 0.15) is 54.6 Å². The molecule has 0 aliphatic carbocycles. The zero-order valence-corrected chi connectivity index (χ0v) is 40.1. The van der Waals surface area contributed by atoms with E-state index >= 15 is 0 Å². The van der Waals surface area contributed by atoms with E-state index in [-0.39, 0.29) is 55.4 Å². The number of likely N-dealkylation sites (tertiary alicyclic amines) is 1. The van der Waals surface area contributed by atoms with Crippen molar-refractivity contribution in [1.29, 1.82) is 0 Å². The average molecular weight is 990 g/mol. The van der Waals surface area contributed by atoms with Crippen molar-refractivity contribution in [2.45, 2.75) is 134 Å². The van der Waals surface area contributed by atoms with Crippen LogP contribution in [0.4, 0.5) is 0 Å². The Kier molecular flexibility index (Phi) is 22.6. The molecular weight excluding hydrogens is 923 g/mol. The van der Waals surface area contributed by atoms with Crippen molar-refractivity contribution in [1.82, 2.24) is 42.1 Å². The summed E-state index contributed by atoms with van der Waals surface area (Å²) in [4.78, 5) is 148. The molecule has 2 aliphatic rings.